The highest BCUT2D eigenvalue weighted by molar-refractivity contribution is 6.21. The van der Waals surface area contributed by atoms with Crippen LogP contribution in [0.25, 0.3) is 0 Å². The highest BCUT2D eigenvalue weighted by Crippen LogP contribution is 2.67. The van der Waals surface area contributed by atoms with Crippen LogP contribution < -0.4 is 10.6 Å². The number of amides is 2. The van der Waals surface area contributed by atoms with Gasteiger partial charge in [0.25, 0.3) is 0 Å². The molecule has 2 bridgehead atoms. The van der Waals surface area contributed by atoms with Gasteiger partial charge in [0, 0.05) is 32.2 Å². The van der Waals surface area contributed by atoms with E-state index >= 15 is 0 Å². The maximum absolute atomic E-state index is 13.7. The van der Waals surface area contributed by atoms with Crippen molar-refractivity contribution in [3.8, 4) is 0 Å². The van der Waals surface area contributed by atoms with E-state index in [1.54, 1.807) is 7.11 Å². The number of methoxy groups -OCH3 is 1. The van der Waals surface area contributed by atoms with Crippen molar-refractivity contribution < 1.29 is 23.5 Å². The number of carbonyl (C=O) groups is 2. The summed E-state index contributed by atoms with van der Waals surface area (Å²) in [5.74, 6) is 1.19. The molecule has 3 atom stereocenters. The van der Waals surface area contributed by atoms with Gasteiger partial charge < -0.3 is 20.1 Å². The second-order valence-corrected chi connectivity index (χ2v) is 11.0. The number of hydrogen-bond acceptors (Lipinski definition) is 4. The second-order valence-electron chi connectivity index (χ2n) is 10.5. The number of carbonyl (C=O) groups excluding carboxylic acids is 2. The minimum absolute atomic E-state index is 0.0585. The summed E-state index contributed by atoms with van der Waals surface area (Å²) in [7, 11) is 1.76. The first kappa shape index (κ1) is 23.2. The fourth-order valence-electron chi connectivity index (χ4n) is 6.14. The third-order valence-electron chi connectivity index (χ3n) is 7.93. The number of alkyl halides is 2. The maximum atomic E-state index is 13.7. The van der Waals surface area contributed by atoms with E-state index in [0.717, 1.165) is 26.0 Å². The fourth-order valence-corrected chi connectivity index (χ4v) is 6.37. The van der Waals surface area contributed by atoms with Crippen LogP contribution in [0.3, 0.4) is 0 Å². The van der Waals surface area contributed by atoms with Gasteiger partial charge in [0.1, 0.15) is 12.8 Å². The Morgan fingerprint density at radius 1 is 1.06 bits per heavy atom. The molecule has 5 fully saturated rings. The molecule has 0 saturated heterocycles. The van der Waals surface area contributed by atoms with Crippen LogP contribution in [0.1, 0.15) is 64.2 Å². The number of rotatable bonds is 9. The lowest BCUT2D eigenvalue weighted by Gasteiger charge is -2.69. The summed E-state index contributed by atoms with van der Waals surface area (Å²) < 4.78 is 24.5. The highest BCUT2D eigenvalue weighted by Gasteiger charge is 2.72. The van der Waals surface area contributed by atoms with Gasteiger partial charge in [-0.1, -0.05) is 0 Å². The molecule has 0 spiro atoms. The van der Waals surface area contributed by atoms with Crippen molar-refractivity contribution in [1.29, 1.82) is 0 Å². The summed E-state index contributed by atoms with van der Waals surface area (Å²) in [5.41, 5.74) is -0.534. The number of ether oxygens (including phenoxy) is 2. The molecule has 6 nitrogen and oxygen atoms in total. The molecule has 2 N–H and O–H groups in total. The molecule has 0 aromatic heterocycles. The topological polar surface area (TPSA) is 76.7 Å². The summed E-state index contributed by atoms with van der Waals surface area (Å²) in [4.78, 5) is 25.0. The zero-order valence-electron chi connectivity index (χ0n) is 18.5. The Bertz CT molecular complexity index is 650. The van der Waals surface area contributed by atoms with Crippen molar-refractivity contribution in [2.75, 3.05) is 26.9 Å². The molecule has 31 heavy (non-hydrogen) atoms. The van der Waals surface area contributed by atoms with Crippen LogP contribution in [0.5, 0.6) is 0 Å². The maximum Gasteiger partial charge on any atom is 0.246 e. The zero-order valence-corrected chi connectivity index (χ0v) is 19.2. The van der Waals surface area contributed by atoms with Crippen LogP contribution in [-0.4, -0.2) is 61.9 Å². The summed E-state index contributed by atoms with van der Waals surface area (Å²) in [5, 5.41) is 5.77. The van der Waals surface area contributed by atoms with E-state index < -0.39 is 11.5 Å². The molecular formula is C23H36ClFN2O4. The van der Waals surface area contributed by atoms with E-state index in [1.807, 2.05) is 0 Å². The monoisotopic (exact) mass is 458 g/mol. The van der Waals surface area contributed by atoms with Crippen LogP contribution in [0.4, 0.5) is 4.39 Å². The fraction of sp³-hybridized carbons (Fsp3) is 0.913. The summed E-state index contributed by atoms with van der Waals surface area (Å²) in [6.07, 6.45) is 6.98. The number of hydrogen-bond donors (Lipinski definition) is 2. The van der Waals surface area contributed by atoms with Gasteiger partial charge in [-0.2, -0.15) is 0 Å². The molecule has 0 aromatic rings. The Hall–Kier alpha value is -0.920. The average molecular weight is 459 g/mol. The Morgan fingerprint density at radius 3 is 2.39 bits per heavy atom. The Balaban J connectivity index is 1.11. The largest absolute Gasteiger partial charge is 0.384 e. The van der Waals surface area contributed by atoms with Gasteiger partial charge in [-0.25, -0.2) is 4.39 Å². The number of nitrogens with one attached hydrogen (secondary N) is 2. The van der Waals surface area contributed by atoms with Crippen molar-refractivity contribution in [2.45, 2.75) is 87.4 Å². The Morgan fingerprint density at radius 2 is 1.74 bits per heavy atom. The molecule has 5 aliphatic rings. The smallest absolute Gasteiger partial charge is 0.246 e. The van der Waals surface area contributed by atoms with E-state index in [2.05, 4.69) is 10.6 Å². The average Bonchev–Trinajstić information content (AvgIpc) is 2.70. The first-order valence-corrected chi connectivity index (χ1v) is 12.2. The van der Waals surface area contributed by atoms with E-state index in [-0.39, 0.29) is 41.9 Å². The minimum atomic E-state index is -1.07. The van der Waals surface area contributed by atoms with E-state index in [1.165, 1.54) is 12.8 Å². The Kier molecular flexibility index (Phi) is 7.14. The van der Waals surface area contributed by atoms with Crippen molar-refractivity contribution in [2.24, 2.45) is 17.3 Å². The predicted molar refractivity (Wildman–Crippen MR) is 116 cm³/mol. The van der Waals surface area contributed by atoms with Crippen molar-refractivity contribution in [3.63, 3.8) is 0 Å². The van der Waals surface area contributed by atoms with Gasteiger partial charge in [-0.05, 0) is 69.6 Å². The summed E-state index contributed by atoms with van der Waals surface area (Å²) >= 11 is 5.89. The highest BCUT2D eigenvalue weighted by atomic mass is 35.5. The van der Waals surface area contributed by atoms with Gasteiger partial charge in [-0.3, -0.25) is 9.59 Å². The quantitative estimate of drug-likeness (QED) is 0.520. The molecule has 5 aliphatic carbocycles. The standard InChI is InChI=1S/C23H36ClFN2O4/c1-30-10-16-4-2-15(3-5-16)9-26-21(29)22-12-23(13-22,14-22)27-20(28)11-31-17-6-7-18(24)19(25)8-17/h15-19H,2-14H2,1H3,(H,26,29)(H,27,28). The van der Waals surface area contributed by atoms with Gasteiger partial charge in [0.15, 0.2) is 0 Å². The van der Waals surface area contributed by atoms with Gasteiger partial charge in [-0.15, -0.1) is 11.6 Å². The molecule has 0 aromatic carbocycles. The van der Waals surface area contributed by atoms with E-state index in [0.29, 0.717) is 43.9 Å². The molecule has 0 heterocycles. The molecule has 3 unspecified atom stereocenters. The SMILES string of the molecule is COCC1CCC(CNC(=O)C23CC(NC(=O)COC4CCC(Cl)C(F)C4)(C2)C3)CC1. The first-order chi connectivity index (χ1) is 14.8. The van der Waals surface area contributed by atoms with E-state index in [4.69, 9.17) is 21.1 Å². The van der Waals surface area contributed by atoms with Crippen molar-refractivity contribution >= 4 is 23.4 Å². The van der Waals surface area contributed by atoms with Crippen LogP contribution in [0, 0.1) is 17.3 Å². The van der Waals surface area contributed by atoms with Crippen molar-refractivity contribution in [3.05, 3.63) is 0 Å². The molecule has 176 valence electrons. The molecule has 0 aliphatic heterocycles. The van der Waals surface area contributed by atoms with Gasteiger partial charge in [0.05, 0.1) is 16.9 Å². The zero-order chi connectivity index (χ0) is 22.1. The van der Waals surface area contributed by atoms with Crippen LogP contribution in [-0.2, 0) is 19.1 Å². The van der Waals surface area contributed by atoms with Gasteiger partial charge >= 0.3 is 0 Å². The van der Waals surface area contributed by atoms with Gasteiger partial charge in [0.2, 0.25) is 11.8 Å². The molecule has 8 heteroatoms. The number of halogens is 2. The minimum Gasteiger partial charge on any atom is -0.384 e. The van der Waals surface area contributed by atoms with Crippen molar-refractivity contribution in [1.82, 2.24) is 10.6 Å². The molecule has 5 saturated carbocycles. The normalized spacial score (nSPS) is 41.6. The van der Waals surface area contributed by atoms with E-state index in [9.17, 15) is 14.0 Å². The van der Waals surface area contributed by atoms with Crippen LogP contribution in [0.2, 0.25) is 0 Å². The van der Waals surface area contributed by atoms with Crippen LogP contribution in [0.15, 0.2) is 0 Å². The summed E-state index contributed by atoms with van der Waals surface area (Å²) in [6.45, 7) is 1.54. The lowest BCUT2D eigenvalue weighted by molar-refractivity contribution is -0.185. The third-order valence-corrected chi connectivity index (χ3v) is 8.42. The lowest BCUT2D eigenvalue weighted by Crippen LogP contribution is -2.78. The predicted octanol–water partition coefficient (Wildman–Crippen LogP) is 3.11. The molecule has 2 amide bonds. The molecule has 0 radical (unpaired) electrons. The third kappa shape index (κ3) is 5.19. The van der Waals surface area contributed by atoms with Crippen LogP contribution >= 0.6 is 11.6 Å². The molecular weight excluding hydrogens is 423 g/mol. The lowest BCUT2D eigenvalue weighted by atomic mass is 9.39. The Labute approximate surface area is 189 Å². The second kappa shape index (κ2) is 9.52. The summed E-state index contributed by atoms with van der Waals surface area (Å²) in [6, 6.07) is 0. The first-order valence-electron chi connectivity index (χ1n) is 11.8. The molecule has 5 rings (SSSR count).